The first kappa shape index (κ1) is 105. The summed E-state index contributed by atoms with van der Waals surface area (Å²) in [4.78, 5) is 64.4. The van der Waals surface area contributed by atoms with Crippen LogP contribution in [0.25, 0.3) is 87.2 Å². The van der Waals surface area contributed by atoms with E-state index in [1.165, 1.54) is 35.8 Å². The van der Waals surface area contributed by atoms with E-state index in [0.29, 0.717) is 81.7 Å². The maximum atomic E-state index is 12.4. The number of benzene rings is 9. The molecule has 6 aromatic heterocycles. The van der Waals surface area contributed by atoms with Gasteiger partial charge in [0.2, 0.25) is 0 Å². The molecule has 25 nitrogen and oxygen atoms in total. The first-order valence-corrected chi connectivity index (χ1v) is 44.9. The van der Waals surface area contributed by atoms with E-state index in [9.17, 15) is 34.5 Å². The molecule has 15 aromatic rings. The summed E-state index contributed by atoms with van der Waals surface area (Å²) < 4.78 is 63.5. The number of thiophene rings is 3. The molecular formula is C102H96BBrClN6NaO19S3. The Labute approximate surface area is 824 Å². The summed E-state index contributed by atoms with van der Waals surface area (Å²) in [6.45, 7) is 17.1. The molecule has 15 rings (SSSR count). The van der Waals surface area contributed by atoms with Gasteiger partial charge in [0.15, 0.2) is 0 Å². The van der Waals surface area contributed by atoms with E-state index in [1.807, 2.05) is 230 Å². The number of furan rings is 3. The van der Waals surface area contributed by atoms with Crippen molar-refractivity contribution in [3.8, 4) is 89.7 Å². The number of hydrogen-bond acceptors (Lipinski definition) is 26. The van der Waals surface area contributed by atoms with Gasteiger partial charge in [0, 0.05) is 88.2 Å². The van der Waals surface area contributed by atoms with Crippen molar-refractivity contribution < 1.29 is 120 Å². The molecule has 2 amide bonds. The smallest absolute Gasteiger partial charge is 0.870 e. The number of nitrogens with one attached hydrogen (secondary N) is 2. The van der Waals surface area contributed by atoms with Gasteiger partial charge in [-0.15, -0.1) is 46.4 Å². The van der Waals surface area contributed by atoms with Gasteiger partial charge in [-0.3, -0.25) is 14.4 Å². The third-order valence-electron chi connectivity index (χ3n) is 19.6. The molecule has 7 N–H and O–H groups in total. The average Bonchev–Trinajstić information content (AvgIpc) is 1.58. The Morgan fingerprint density at radius 2 is 0.813 bits per heavy atom. The van der Waals surface area contributed by atoms with Gasteiger partial charge in [0.25, 0.3) is 0 Å². The van der Waals surface area contributed by atoms with Crippen LogP contribution in [0.1, 0.15) is 120 Å². The number of hydrogen-bond donors (Lipinski definition) is 5. The van der Waals surface area contributed by atoms with E-state index in [0.717, 1.165) is 147 Å². The van der Waals surface area contributed by atoms with Crippen molar-refractivity contribution >= 4 is 137 Å². The molecule has 32 heteroatoms. The second kappa shape index (κ2) is 49.8. The molecule has 6 heterocycles. The molecule has 0 fully saturated rings. The average molecular weight is 1960 g/mol. The summed E-state index contributed by atoms with van der Waals surface area (Å²) in [6.07, 6.45) is 4.37. The van der Waals surface area contributed by atoms with Crippen molar-refractivity contribution in [2.45, 2.75) is 125 Å². The van der Waals surface area contributed by atoms with Crippen LogP contribution in [0.3, 0.4) is 0 Å². The van der Waals surface area contributed by atoms with Crippen molar-refractivity contribution in [2.75, 3.05) is 20.3 Å². The van der Waals surface area contributed by atoms with Crippen molar-refractivity contribution in [2.24, 2.45) is 5.73 Å². The van der Waals surface area contributed by atoms with Gasteiger partial charge < -0.3 is 83.0 Å². The van der Waals surface area contributed by atoms with Gasteiger partial charge in [-0.1, -0.05) is 107 Å². The number of nitrogens with zero attached hydrogens (tertiary/aromatic N) is 3. The predicted molar refractivity (Wildman–Crippen MR) is 520 cm³/mol. The molecular weight excluding hydrogens is 1860 g/mol. The van der Waals surface area contributed by atoms with Crippen LogP contribution >= 0.6 is 62.3 Å². The molecule has 0 atom stereocenters. The molecule has 0 saturated carbocycles. The molecule has 0 aliphatic rings. The third kappa shape index (κ3) is 29.8. The third-order valence-corrected chi connectivity index (χ3v) is 23.2. The minimum Gasteiger partial charge on any atom is -0.870 e. The van der Waals surface area contributed by atoms with Crippen molar-refractivity contribution in [1.29, 1.82) is 15.8 Å². The van der Waals surface area contributed by atoms with Crippen LogP contribution in [-0.4, -0.2) is 84.3 Å². The Bertz CT molecular complexity index is 6730. The van der Waals surface area contributed by atoms with E-state index < -0.39 is 30.5 Å². The van der Waals surface area contributed by atoms with Gasteiger partial charge in [-0.2, -0.15) is 15.8 Å². The van der Waals surface area contributed by atoms with Gasteiger partial charge in [0.1, 0.15) is 97.9 Å². The fourth-order valence-corrected chi connectivity index (χ4v) is 16.4. The van der Waals surface area contributed by atoms with E-state index in [1.54, 1.807) is 50.8 Å². The number of fused-ring (bicyclic) bond motifs is 3. The van der Waals surface area contributed by atoms with Gasteiger partial charge >= 0.3 is 66.8 Å². The zero-order chi connectivity index (χ0) is 93.3. The number of methoxy groups -OCH3 is 1. The Balaban J connectivity index is 0.000000212. The van der Waals surface area contributed by atoms with Crippen LogP contribution in [0.4, 0.5) is 9.59 Å². The zero-order valence-electron chi connectivity index (χ0n) is 75.2. The largest absolute Gasteiger partial charge is 1.00 e. The number of nitriles is 3. The minimum absolute atomic E-state index is 0. The quantitative estimate of drug-likeness (QED) is 0.0173. The predicted octanol–water partition coefficient (Wildman–Crippen LogP) is 19.0. The first-order valence-electron chi connectivity index (χ1n) is 41.6. The molecule has 134 heavy (non-hydrogen) atoms. The number of amides is 2. The standard InChI is InChI=1S/C36H34N2O6S.C31H32BrNO6.C30H24N2O4S.C5H4BNO2S.ClH.Na.H2O/c1-5-41-33(39)19-26-9-10-27(32-12-11-29(20-37)45-32)18-31(26)43-22-24-16-28-13-14-42-34(28)30(17-24)25-8-6-7-23(15-25)21-38-35(40)44-36(2,3)4;1-5-36-28(34)16-23-9-10-25(32)17-27(23)38-19-21-14-24-11-12-37-29(24)26(15-21)22-8-6-7-20(13-22)18-33-30(35)39-31(2,3)4;1-34-29(33)15-22-5-6-23(28-8-7-25(17-32)37-28)14-27(22)36-18-20-12-24-9-10-35-30(24)26(13-20)21-4-2-3-19(11-21)16-31;7-3-4-1-2-5(10-4)6(8)9;;;/h6-18H,5,19,21-22H2,1-4H3,(H,38,40);6-15,17H,5,16,18-19H2,1-4H3,(H,33,35);2-14H,15-16,18,31H2,1H3;1-2,8-9H;1H;;1H2/q;;;;;+1;/p-1. The number of nitrogens with two attached hydrogens (primary N) is 1. The summed E-state index contributed by atoms with van der Waals surface area (Å²) in [7, 11) is -0.0831. The maximum absolute atomic E-state index is 12.4. The number of carbonyl (C=O) groups is 5. The van der Waals surface area contributed by atoms with Crippen molar-refractivity contribution in [1.82, 2.24) is 10.6 Å². The van der Waals surface area contributed by atoms with Gasteiger partial charge in [-0.05, 0) is 244 Å². The van der Waals surface area contributed by atoms with Crippen molar-refractivity contribution in [3.63, 3.8) is 0 Å². The second-order valence-corrected chi connectivity index (χ2v) is 35.9. The summed E-state index contributed by atoms with van der Waals surface area (Å²) >= 11 is 7.38. The van der Waals surface area contributed by atoms with E-state index in [2.05, 4.69) is 50.8 Å². The summed E-state index contributed by atoms with van der Waals surface area (Å²) in [6, 6.07) is 75.6. The number of halogens is 2. The number of alkyl carbamates (subject to hydrolysis) is 2. The van der Waals surface area contributed by atoms with E-state index in [-0.39, 0.29) is 97.8 Å². The van der Waals surface area contributed by atoms with Crippen molar-refractivity contribution in [3.05, 3.63) is 306 Å². The van der Waals surface area contributed by atoms with E-state index in [4.69, 9.17) is 72.2 Å². The summed E-state index contributed by atoms with van der Waals surface area (Å²) in [5, 5.41) is 52.4. The Morgan fingerprint density at radius 3 is 1.16 bits per heavy atom. The van der Waals surface area contributed by atoms with E-state index >= 15 is 0 Å². The topological polar surface area (TPSA) is 391 Å². The molecule has 9 aromatic carbocycles. The fraction of sp³-hybridized carbons (Fsp3) is 0.216. The maximum Gasteiger partial charge on any atom is 1.00 e. The normalized spacial score (nSPS) is 10.7. The van der Waals surface area contributed by atoms with Crippen LogP contribution in [0, 0.1) is 34.0 Å². The number of carbonyl (C=O) groups excluding carboxylic acids is 5. The number of ether oxygens (including phenoxy) is 8. The zero-order valence-corrected chi connectivity index (χ0v) is 82.0. The second-order valence-electron chi connectivity index (χ2n) is 31.7. The monoisotopic (exact) mass is 1950 g/mol. The van der Waals surface area contributed by atoms with Crippen LogP contribution in [0.2, 0.25) is 0 Å². The van der Waals surface area contributed by atoms with Crippen LogP contribution < -0.4 is 64.9 Å². The minimum atomic E-state index is -1.45. The molecule has 0 saturated heterocycles. The number of esters is 3. The van der Waals surface area contributed by atoms with Gasteiger partial charge in [-0.25, -0.2) is 9.59 Å². The van der Waals surface area contributed by atoms with Crippen LogP contribution in [0.5, 0.6) is 17.2 Å². The molecule has 0 aliphatic carbocycles. The van der Waals surface area contributed by atoms with Gasteiger partial charge in [0.05, 0.1) is 58.4 Å². The SMILES string of the molecule is CCOC(=O)Cc1ccc(-c2ccc(C#N)s2)cc1OCc1cc(-c2cccc(CNC(=O)OC(C)(C)C)c2)c2occc2c1.CCOC(=O)Cc1ccc(Br)cc1OCc1cc(-c2cccc(CNC(=O)OC(C)(C)C)c2)c2occc2c1.COC(=O)Cc1ccc(-c2ccc(C#N)s2)cc1OCc1cc(-c2cccc(CN)c2)c2occc2c1.Cl.N#Cc1ccc(B(O)O)s1.[Na+].[OH-]. The summed E-state index contributed by atoms with van der Waals surface area (Å²) in [5.41, 5.74) is 22.4. The molecule has 0 unspecified atom stereocenters. The Kier molecular flexibility index (Phi) is 39.0. The molecule has 0 aliphatic heterocycles. The Morgan fingerprint density at radius 1 is 0.448 bits per heavy atom. The first-order chi connectivity index (χ1) is 63.0. The molecule has 0 radical (unpaired) electrons. The number of rotatable bonds is 28. The molecule has 0 bridgehead atoms. The molecule has 684 valence electrons. The summed E-state index contributed by atoms with van der Waals surface area (Å²) in [5.74, 6) is 0.795. The van der Waals surface area contributed by atoms with Crippen LogP contribution in [0.15, 0.2) is 255 Å². The fourth-order valence-electron chi connectivity index (χ4n) is 13.8. The van der Waals surface area contributed by atoms with Crippen LogP contribution in [-0.2, 0) is 96.8 Å². The molecule has 0 spiro atoms. The Hall–Kier alpha value is -12.8.